The zero-order chi connectivity index (χ0) is 14.7. The molecule has 0 spiro atoms. The van der Waals surface area contributed by atoms with Crippen molar-refractivity contribution in [3.8, 4) is 0 Å². The van der Waals surface area contributed by atoms with Crippen LogP contribution in [0.1, 0.15) is 32.1 Å². The predicted molar refractivity (Wildman–Crippen MR) is 83.1 cm³/mol. The number of amides is 2. The molecule has 0 saturated carbocycles. The Morgan fingerprint density at radius 3 is 2.62 bits per heavy atom. The fraction of sp³-hybridized carbons (Fsp3) is 0.412. The van der Waals surface area contributed by atoms with Gasteiger partial charge < -0.3 is 10.2 Å². The molecular weight excluding hydrogens is 264 g/mol. The second kappa shape index (κ2) is 6.12. The van der Waals surface area contributed by atoms with Gasteiger partial charge >= 0.3 is 0 Å². The van der Waals surface area contributed by atoms with Crippen molar-refractivity contribution in [1.29, 1.82) is 0 Å². The molecule has 1 fully saturated rings. The van der Waals surface area contributed by atoms with Crippen LogP contribution in [0.5, 0.6) is 0 Å². The summed E-state index contributed by atoms with van der Waals surface area (Å²) in [6.45, 7) is 0.791. The highest BCUT2D eigenvalue weighted by Crippen LogP contribution is 2.24. The number of rotatable bonds is 3. The van der Waals surface area contributed by atoms with Crippen LogP contribution >= 0.6 is 0 Å². The second-order valence-corrected chi connectivity index (χ2v) is 5.67. The summed E-state index contributed by atoms with van der Waals surface area (Å²) in [6, 6.07) is 7.55. The molecule has 21 heavy (non-hydrogen) atoms. The van der Waals surface area contributed by atoms with Crippen molar-refractivity contribution in [3.63, 3.8) is 0 Å². The molecule has 1 aliphatic carbocycles. The van der Waals surface area contributed by atoms with E-state index in [1.54, 1.807) is 4.90 Å². The Morgan fingerprint density at radius 1 is 1.19 bits per heavy atom. The van der Waals surface area contributed by atoms with Gasteiger partial charge in [-0.25, -0.2) is 0 Å². The molecule has 1 aromatic rings. The maximum atomic E-state index is 12.2. The Balaban J connectivity index is 1.63. The highest BCUT2D eigenvalue weighted by Gasteiger charge is 2.22. The van der Waals surface area contributed by atoms with E-state index in [2.05, 4.69) is 17.5 Å². The van der Waals surface area contributed by atoms with Gasteiger partial charge in [-0.1, -0.05) is 12.2 Å². The van der Waals surface area contributed by atoms with Crippen molar-refractivity contribution in [1.82, 2.24) is 0 Å². The van der Waals surface area contributed by atoms with E-state index < -0.39 is 0 Å². The fourth-order valence-electron chi connectivity index (χ4n) is 2.92. The Bertz CT molecular complexity index is 563. The van der Waals surface area contributed by atoms with Gasteiger partial charge in [0.25, 0.3) is 0 Å². The zero-order valence-electron chi connectivity index (χ0n) is 12.0. The molecule has 4 nitrogen and oxygen atoms in total. The Morgan fingerprint density at radius 2 is 2.00 bits per heavy atom. The Hall–Kier alpha value is -2.10. The molecule has 1 atom stereocenters. The number of hydrogen-bond acceptors (Lipinski definition) is 2. The van der Waals surface area contributed by atoms with Crippen LogP contribution in [0, 0.1) is 5.92 Å². The zero-order valence-corrected chi connectivity index (χ0v) is 12.0. The van der Waals surface area contributed by atoms with Crippen LogP contribution in [0.2, 0.25) is 0 Å². The number of allylic oxidation sites excluding steroid dienone is 2. The largest absolute Gasteiger partial charge is 0.326 e. The van der Waals surface area contributed by atoms with E-state index >= 15 is 0 Å². The van der Waals surface area contributed by atoms with Crippen LogP contribution in [-0.4, -0.2) is 18.4 Å². The standard InChI is InChI=1S/C17H20N2O2/c20-16-7-4-12-19(16)15-10-8-14(9-11-15)18-17(21)13-5-2-1-3-6-13/h1-2,8-11,13H,3-7,12H2,(H,18,21)/t13-/m1/s1. The van der Waals surface area contributed by atoms with E-state index in [1.807, 2.05) is 24.3 Å². The van der Waals surface area contributed by atoms with Gasteiger partial charge in [0.05, 0.1) is 0 Å². The number of hydrogen-bond donors (Lipinski definition) is 1. The van der Waals surface area contributed by atoms with Gasteiger partial charge in [-0.15, -0.1) is 0 Å². The van der Waals surface area contributed by atoms with E-state index in [1.165, 1.54) is 0 Å². The smallest absolute Gasteiger partial charge is 0.227 e. The number of nitrogens with one attached hydrogen (secondary N) is 1. The molecule has 3 rings (SSSR count). The molecule has 1 aliphatic heterocycles. The van der Waals surface area contributed by atoms with Crippen LogP contribution < -0.4 is 10.2 Å². The average Bonchev–Trinajstić information content (AvgIpc) is 2.95. The first-order valence-electron chi connectivity index (χ1n) is 7.60. The maximum absolute atomic E-state index is 12.2. The van der Waals surface area contributed by atoms with Gasteiger partial charge in [-0.3, -0.25) is 9.59 Å². The SMILES string of the molecule is O=C(Nc1ccc(N2CCCC2=O)cc1)[C@@H]1CC=CCC1. The molecule has 0 radical (unpaired) electrons. The minimum atomic E-state index is 0.0786. The monoisotopic (exact) mass is 284 g/mol. The summed E-state index contributed by atoms with van der Waals surface area (Å²) in [5.41, 5.74) is 1.71. The lowest BCUT2D eigenvalue weighted by Crippen LogP contribution is -2.24. The number of benzene rings is 1. The predicted octanol–water partition coefficient (Wildman–Crippen LogP) is 3.11. The summed E-state index contributed by atoms with van der Waals surface area (Å²) < 4.78 is 0. The van der Waals surface area contributed by atoms with E-state index in [0.717, 1.165) is 43.6 Å². The minimum Gasteiger partial charge on any atom is -0.326 e. The Labute approximate surface area is 124 Å². The number of anilines is 2. The summed E-state index contributed by atoms with van der Waals surface area (Å²) in [6.07, 6.45) is 8.49. The van der Waals surface area contributed by atoms with Crippen LogP contribution in [0.15, 0.2) is 36.4 Å². The third-order valence-corrected chi connectivity index (χ3v) is 4.16. The van der Waals surface area contributed by atoms with Crippen molar-refractivity contribution < 1.29 is 9.59 Å². The molecule has 2 aliphatic rings. The van der Waals surface area contributed by atoms with E-state index in [4.69, 9.17) is 0 Å². The first-order valence-corrected chi connectivity index (χ1v) is 7.60. The van der Waals surface area contributed by atoms with E-state index in [9.17, 15) is 9.59 Å². The number of nitrogens with zero attached hydrogens (tertiary/aromatic N) is 1. The van der Waals surface area contributed by atoms with Crippen molar-refractivity contribution in [3.05, 3.63) is 36.4 Å². The van der Waals surface area contributed by atoms with Crippen molar-refractivity contribution in [2.75, 3.05) is 16.8 Å². The van der Waals surface area contributed by atoms with Gasteiger partial charge in [0.15, 0.2) is 0 Å². The highest BCUT2D eigenvalue weighted by molar-refractivity contribution is 5.96. The summed E-state index contributed by atoms with van der Waals surface area (Å²) in [4.78, 5) is 25.6. The molecular formula is C17H20N2O2. The topological polar surface area (TPSA) is 49.4 Å². The summed E-state index contributed by atoms with van der Waals surface area (Å²) in [7, 11) is 0. The molecule has 1 N–H and O–H groups in total. The number of carbonyl (C=O) groups is 2. The van der Waals surface area contributed by atoms with Crippen LogP contribution in [-0.2, 0) is 9.59 Å². The molecule has 1 heterocycles. The first-order chi connectivity index (χ1) is 10.2. The fourth-order valence-corrected chi connectivity index (χ4v) is 2.92. The summed E-state index contributed by atoms with van der Waals surface area (Å²) in [5.74, 6) is 0.347. The lowest BCUT2D eigenvalue weighted by atomic mass is 9.93. The molecule has 0 unspecified atom stereocenters. The molecule has 2 amide bonds. The third-order valence-electron chi connectivity index (χ3n) is 4.16. The lowest BCUT2D eigenvalue weighted by molar-refractivity contribution is -0.120. The molecule has 0 bridgehead atoms. The molecule has 110 valence electrons. The van der Waals surface area contributed by atoms with Crippen LogP contribution in [0.4, 0.5) is 11.4 Å². The number of carbonyl (C=O) groups excluding carboxylic acids is 2. The van der Waals surface area contributed by atoms with Crippen molar-refractivity contribution in [2.45, 2.75) is 32.1 Å². The van der Waals surface area contributed by atoms with Crippen molar-refractivity contribution in [2.24, 2.45) is 5.92 Å². The third kappa shape index (κ3) is 3.15. The van der Waals surface area contributed by atoms with Crippen LogP contribution in [0.3, 0.4) is 0 Å². The van der Waals surface area contributed by atoms with Gasteiger partial charge in [0.2, 0.25) is 11.8 Å². The normalized spacial score (nSPS) is 21.6. The summed E-state index contributed by atoms with van der Waals surface area (Å²) in [5, 5.41) is 2.96. The maximum Gasteiger partial charge on any atom is 0.227 e. The lowest BCUT2D eigenvalue weighted by Gasteiger charge is -2.18. The minimum absolute atomic E-state index is 0.0786. The van der Waals surface area contributed by atoms with Gasteiger partial charge in [0, 0.05) is 30.3 Å². The van der Waals surface area contributed by atoms with Gasteiger partial charge in [0.1, 0.15) is 0 Å². The first kappa shape index (κ1) is 13.9. The molecule has 1 saturated heterocycles. The van der Waals surface area contributed by atoms with E-state index in [-0.39, 0.29) is 17.7 Å². The summed E-state index contributed by atoms with van der Waals surface area (Å²) >= 11 is 0. The van der Waals surface area contributed by atoms with Crippen LogP contribution in [0.25, 0.3) is 0 Å². The average molecular weight is 284 g/mol. The molecule has 0 aromatic heterocycles. The molecule has 4 heteroatoms. The molecule has 1 aromatic carbocycles. The second-order valence-electron chi connectivity index (χ2n) is 5.67. The Kier molecular flexibility index (Phi) is 4.04. The van der Waals surface area contributed by atoms with E-state index in [0.29, 0.717) is 6.42 Å². The van der Waals surface area contributed by atoms with Gasteiger partial charge in [-0.05, 0) is 49.9 Å². The van der Waals surface area contributed by atoms with Crippen molar-refractivity contribution >= 4 is 23.2 Å². The quantitative estimate of drug-likeness (QED) is 0.867. The highest BCUT2D eigenvalue weighted by atomic mass is 16.2. The van der Waals surface area contributed by atoms with Gasteiger partial charge in [-0.2, -0.15) is 0 Å².